The Kier molecular flexibility index (Phi) is 5.97. The second-order valence-electron chi connectivity index (χ2n) is 5.67. The number of anilines is 1. The fraction of sp³-hybridized carbons (Fsp3) is 0.211. The van der Waals surface area contributed by atoms with Gasteiger partial charge in [-0.15, -0.1) is 0 Å². The zero-order valence-corrected chi connectivity index (χ0v) is 15.7. The Hall–Kier alpha value is -3.00. The number of amides is 2. The SMILES string of the molecule is COc1cccc(NC(=O)C[C@H]2SC(=Nc3ccccc3OC)NC2=O)c1. The summed E-state index contributed by atoms with van der Waals surface area (Å²) in [4.78, 5) is 28.9. The summed E-state index contributed by atoms with van der Waals surface area (Å²) >= 11 is 1.23. The van der Waals surface area contributed by atoms with Gasteiger partial charge in [0.1, 0.15) is 22.4 Å². The van der Waals surface area contributed by atoms with Crippen LogP contribution in [0.1, 0.15) is 6.42 Å². The van der Waals surface area contributed by atoms with Gasteiger partial charge in [-0.05, 0) is 24.3 Å². The Balaban J connectivity index is 1.63. The Bertz CT molecular complexity index is 885. The fourth-order valence-electron chi connectivity index (χ4n) is 2.51. The topological polar surface area (TPSA) is 89.0 Å². The molecule has 2 amide bonds. The normalized spacial score (nSPS) is 17.5. The van der Waals surface area contributed by atoms with Gasteiger partial charge in [-0.2, -0.15) is 0 Å². The van der Waals surface area contributed by atoms with E-state index in [1.165, 1.54) is 11.8 Å². The lowest BCUT2D eigenvalue weighted by molar-refractivity contribution is -0.122. The highest BCUT2D eigenvalue weighted by Crippen LogP contribution is 2.30. The molecule has 140 valence electrons. The van der Waals surface area contributed by atoms with Crippen LogP contribution in [0.3, 0.4) is 0 Å². The summed E-state index contributed by atoms with van der Waals surface area (Å²) in [5.41, 5.74) is 1.23. The van der Waals surface area contributed by atoms with E-state index in [9.17, 15) is 9.59 Å². The molecule has 1 aliphatic rings. The summed E-state index contributed by atoms with van der Waals surface area (Å²) in [6, 6.07) is 14.3. The summed E-state index contributed by atoms with van der Waals surface area (Å²) in [7, 11) is 3.12. The molecule has 7 nitrogen and oxygen atoms in total. The molecule has 1 fully saturated rings. The first-order chi connectivity index (χ1) is 13.1. The van der Waals surface area contributed by atoms with Gasteiger partial charge in [-0.3, -0.25) is 9.59 Å². The molecule has 2 aromatic carbocycles. The Morgan fingerprint density at radius 1 is 1.19 bits per heavy atom. The second kappa shape index (κ2) is 8.59. The number of rotatable bonds is 6. The molecule has 8 heteroatoms. The van der Waals surface area contributed by atoms with Crippen LogP contribution in [0.4, 0.5) is 11.4 Å². The van der Waals surface area contributed by atoms with Crippen LogP contribution in [0.15, 0.2) is 53.5 Å². The Labute approximate surface area is 161 Å². The maximum atomic E-state index is 12.3. The summed E-state index contributed by atoms with van der Waals surface area (Å²) < 4.78 is 10.4. The number of nitrogens with one attached hydrogen (secondary N) is 2. The maximum Gasteiger partial charge on any atom is 0.240 e. The van der Waals surface area contributed by atoms with Crippen molar-refractivity contribution < 1.29 is 19.1 Å². The number of ether oxygens (including phenoxy) is 2. The highest BCUT2D eigenvalue weighted by molar-refractivity contribution is 8.15. The number of hydrogen-bond acceptors (Lipinski definition) is 6. The minimum Gasteiger partial charge on any atom is -0.497 e. The van der Waals surface area contributed by atoms with Crippen molar-refractivity contribution in [1.82, 2.24) is 5.32 Å². The number of carbonyl (C=O) groups is 2. The molecule has 0 radical (unpaired) electrons. The third-order valence-electron chi connectivity index (χ3n) is 3.81. The largest absolute Gasteiger partial charge is 0.497 e. The van der Waals surface area contributed by atoms with Crippen LogP contribution in [0.5, 0.6) is 11.5 Å². The van der Waals surface area contributed by atoms with Crippen LogP contribution in [0, 0.1) is 0 Å². The standard InChI is InChI=1S/C19H19N3O4S/c1-25-13-7-5-6-12(10-13)20-17(23)11-16-18(24)22-19(27-16)21-14-8-3-4-9-15(14)26-2/h3-10,16H,11H2,1-2H3,(H,20,23)(H,21,22,24)/t16-/m1/s1. The van der Waals surface area contributed by atoms with Gasteiger partial charge in [0.15, 0.2) is 5.17 Å². The maximum absolute atomic E-state index is 12.3. The molecule has 27 heavy (non-hydrogen) atoms. The lowest BCUT2D eigenvalue weighted by atomic mass is 10.2. The third-order valence-corrected chi connectivity index (χ3v) is 4.89. The first-order valence-corrected chi connectivity index (χ1v) is 9.10. The average Bonchev–Trinajstić information content (AvgIpc) is 3.01. The van der Waals surface area contributed by atoms with Gasteiger partial charge < -0.3 is 20.1 Å². The van der Waals surface area contributed by atoms with Crippen LogP contribution in [-0.2, 0) is 9.59 Å². The van der Waals surface area contributed by atoms with E-state index in [0.717, 1.165) is 0 Å². The number of thioether (sulfide) groups is 1. The van der Waals surface area contributed by atoms with Crippen LogP contribution >= 0.6 is 11.8 Å². The van der Waals surface area contributed by atoms with Gasteiger partial charge in [0.2, 0.25) is 11.8 Å². The van der Waals surface area contributed by atoms with E-state index in [0.29, 0.717) is 28.0 Å². The van der Waals surface area contributed by atoms with Crippen molar-refractivity contribution >= 4 is 40.1 Å². The quantitative estimate of drug-likeness (QED) is 0.798. The smallest absolute Gasteiger partial charge is 0.240 e. The lowest BCUT2D eigenvalue weighted by Gasteiger charge is -2.08. The molecule has 0 bridgehead atoms. The minimum absolute atomic E-state index is 0.0403. The number of nitrogens with zero attached hydrogens (tertiary/aromatic N) is 1. The van der Waals surface area contributed by atoms with Gasteiger partial charge >= 0.3 is 0 Å². The molecule has 0 unspecified atom stereocenters. The molecule has 0 spiro atoms. The van der Waals surface area contributed by atoms with Crippen molar-refractivity contribution in [3.63, 3.8) is 0 Å². The number of para-hydroxylation sites is 2. The Morgan fingerprint density at radius 2 is 2.00 bits per heavy atom. The number of amidine groups is 1. The molecule has 2 N–H and O–H groups in total. The molecule has 0 aliphatic carbocycles. The van der Waals surface area contributed by atoms with Crippen molar-refractivity contribution in [2.75, 3.05) is 19.5 Å². The van der Waals surface area contributed by atoms with Gasteiger partial charge in [0, 0.05) is 18.2 Å². The van der Waals surface area contributed by atoms with Crippen molar-refractivity contribution in [2.45, 2.75) is 11.7 Å². The molecule has 1 saturated heterocycles. The third kappa shape index (κ3) is 4.79. The van der Waals surface area contributed by atoms with E-state index in [1.807, 2.05) is 12.1 Å². The summed E-state index contributed by atoms with van der Waals surface area (Å²) in [6.07, 6.45) is 0.0403. The number of hydrogen-bond donors (Lipinski definition) is 2. The minimum atomic E-state index is -0.538. The van der Waals surface area contributed by atoms with Crippen molar-refractivity contribution in [2.24, 2.45) is 4.99 Å². The predicted molar refractivity (Wildman–Crippen MR) is 106 cm³/mol. The highest BCUT2D eigenvalue weighted by atomic mass is 32.2. The van der Waals surface area contributed by atoms with Crippen LogP contribution in [0.2, 0.25) is 0 Å². The van der Waals surface area contributed by atoms with Crippen LogP contribution in [0.25, 0.3) is 0 Å². The molecule has 1 heterocycles. The molecular weight excluding hydrogens is 366 g/mol. The zero-order chi connectivity index (χ0) is 19.2. The molecule has 2 aromatic rings. The summed E-state index contributed by atoms with van der Waals surface area (Å²) in [5, 5.41) is 5.39. The molecule has 0 saturated carbocycles. The fourth-order valence-corrected chi connectivity index (χ4v) is 3.49. The Morgan fingerprint density at radius 3 is 2.78 bits per heavy atom. The van der Waals surface area contributed by atoms with Crippen molar-refractivity contribution in [1.29, 1.82) is 0 Å². The van der Waals surface area contributed by atoms with Crippen molar-refractivity contribution in [3.8, 4) is 11.5 Å². The van der Waals surface area contributed by atoms with Gasteiger partial charge in [-0.25, -0.2) is 4.99 Å². The van der Waals surface area contributed by atoms with Crippen molar-refractivity contribution in [3.05, 3.63) is 48.5 Å². The first-order valence-electron chi connectivity index (χ1n) is 8.22. The highest BCUT2D eigenvalue weighted by Gasteiger charge is 2.32. The van der Waals surface area contributed by atoms with Gasteiger partial charge in [0.25, 0.3) is 0 Å². The van der Waals surface area contributed by atoms with E-state index in [1.54, 1.807) is 50.6 Å². The van der Waals surface area contributed by atoms with Gasteiger partial charge in [0.05, 0.1) is 14.2 Å². The van der Waals surface area contributed by atoms with E-state index in [-0.39, 0.29) is 18.2 Å². The molecule has 0 aromatic heterocycles. The molecule has 1 aliphatic heterocycles. The molecule has 3 rings (SSSR count). The summed E-state index contributed by atoms with van der Waals surface area (Å²) in [6.45, 7) is 0. The van der Waals surface area contributed by atoms with E-state index in [4.69, 9.17) is 9.47 Å². The first kappa shape index (κ1) is 18.8. The predicted octanol–water partition coefficient (Wildman–Crippen LogP) is 2.95. The number of methoxy groups -OCH3 is 2. The zero-order valence-electron chi connectivity index (χ0n) is 14.9. The van der Waals surface area contributed by atoms with E-state index < -0.39 is 5.25 Å². The summed E-state index contributed by atoms with van der Waals surface area (Å²) in [5.74, 6) is 0.759. The lowest BCUT2D eigenvalue weighted by Crippen LogP contribution is -2.28. The van der Waals surface area contributed by atoms with Gasteiger partial charge in [-0.1, -0.05) is 30.0 Å². The molecule has 1 atom stereocenters. The van der Waals surface area contributed by atoms with Crippen LogP contribution in [-0.4, -0.2) is 36.5 Å². The van der Waals surface area contributed by atoms with E-state index in [2.05, 4.69) is 15.6 Å². The average molecular weight is 385 g/mol. The van der Waals surface area contributed by atoms with E-state index >= 15 is 0 Å². The van der Waals surface area contributed by atoms with Crippen LogP contribution < -0.4 is 20.1 Å². The molecular formula is C19H19N3O4S. The monoisotopic (exact) mass is 385 g/mol. The number of aliphatic imine (C=N–C) groups is 1. The second-order valence-corrected chi connectivity index (χ2v) is 6.86. The number of benzene rings is 2. The number of carbonyl (C=O) groups excluding carboxylic acids is 2.